The quantitative estimate of drug-likeness (QED) is 0.651. The number of hydrogen-bond donors (Lipinski definition) is 2. The van der Waals surface area contributed by atoms with Crippen LogP contribution >= 0.6 is 0 Å². The average molecular weight is 478 g/mol. The average Bonchev–Trinajstić information content (AvgIpc) is 3.37. The summed E-state index contributed by atoms with van der Waals surface area (Å²) in [6, 6.07) is 4.32. The van der Waals surface area contributed by atoms with Crippen LogP contribution in [-0.4, -0.2) is 62.6 Å². The maximum absolute atomic E-state index is 13.6. The number of anilines is 2. The summed E-state index contributed by atoms with van der Waals surface area (Å²) >= 11 is 0. The molecule has 2 fully saturated rings. The lowest BCUT2D eigenvalue weighted by molar-refractivity contribution is -0.141. The number of hydrogen-bond acceptors (Lipinski definition) is 7. The smallest absolute Gasteiger partial charge is 0.320 e. The molecular weight excluding hydrogens is 444 g/mol. The third-order valence-electron chi connectivity index (χ3n) is 6.84. The minimum Gasteiger partial charge on any atom is -0.405 e. The highest BCUT2D eigenvalue weighted by Crippen LogP contribution is 2.40. The first-order valence-electron chi connectivity index (χ1n) is 11.8. The van der Waals surface area contributed by atoms with Gasteiger partial charge in [0.15, 0.2) is 0 Å². The monoisotopic (exact) mass is 477 g/mol. The van der Waals surface area contributed by atoms with E-state index in [9.17, 15) is 18.7 Å². The minimum absolute atomic E-state index is 0.0320. The van der Waals surface area contributed by atoms with Gasteiger partial charge in [-0.15, -0.1) is 5.10 Å². The predicted molar refractivity (Wildman–Crippen MR) is 123 cm³/mol. The number of alkyl halides is 2. The van der Waals surface area contributed by atoms with Crippen LogP contribution in [0.5, 0.6) is 0 Å². The number of nitrogens with zero attached hydrogens (tertiary/aromatic N) is 4. The van der Waals surface area contributed by atoms with Gasteiger partial charge in [0.25, 0.3) is 0 Å². The van der Waals surface area contributed by atoms with Gasteiger partial charge >= 0.3 is 6.01 Å². The number of piperazine rings is 1. The lowest BCUT2D eigenvalue weighted by Crippen LogP contribution is -2.54. The van der Waals surface area contributed by atoms with E-state index in [4.69, 9.17) is 4.42 Å². The van der Waals surface area contributed by atoms with E-state index in [0.717, 1.165) is 22.4 Å². The fourth-order valence-corrected chi connectivity index (χ4v) is 4.94. The van der Waals surface area contributed by atoms with Crippen LogP contribution in [0.15, 0.2) is 16.5 Å². The Morgan fingerprint density at radius 3 is 2.71 bits per heavy atom. The van der Waals surface area contributed by atoms with E-state index in [1.165, 1.54) is 0 Å². The zero-order valence-electron chi connectivity index (χ0n) is 20.1. The molecule has 1 saturated heterocycles. The number of aliphatic hydroxyl groups is 1. The number of rotatable bonds is 6. The van der Waals surface area contributed by atoms with Crippen LogP contribution in [-0.2, 0) is 11.3 Å². The van der Waals surface area contributed by atoms with E-state index in [0.29, 0.717) is 26.2 Å². The molecule has 186 valence electrons. The first kappa shape index (κ1) is 24.5. The Morgan fingerprint density at radius 1 is 1.32 bits per heavy atom. The number of aryl methyl sites for hydroxylation is 1. The van der Waals surface area contributed by atoms with Crippen molar-refractivity contribution >= 4 is 17.6 Å². The van der Waals surface area contributed by atoms with Gasteiger partial charge in [-0.25, -0.2) is 8.78 Å². The molecule has 1 saturated carbocycles. The Bertz CT molecular complexity index is 1040. The fourth-order valence-electron chi connectivity index (χ4n) is 4.94. The summed E-state index contributed by atoms with van der Waals surface area (Å²) in [5.74, 6) is -3.25. The second kappa shape index (κ2) is 9.58. The largest absolute Gasteiger partial charge is 0.405 e. The molecular formula is C24H33F2N5O3. The Balaban J connectivity index is 1.40. The van der Waals surface area contributed by atoms with Gasteiger partial charge in [-0.05, 0) is 56.9 Å². The first-order chi connectivity index (χ1) is 16.0. The van der Waals surface area contributed by atoms with Crippen molar-refractivity contribution in [1.29, 1.82) is 0 Å². The summed E-state index contributed by atoms with van der Waals surface area (Å²) in [4.78, 5) is 16.9. The topological polar surface area (TPSA) is 94.7 Å². The molecule has 2 aromatic rings. The summed E-state index contributed by atoms with van der Waals surface area (Å²) in [5, 5.41) is 20.5. The third-order valence-corrected chi connectivity index (χ3v) is 6.84. The molecule has 1 amide bonds. The third kappa shape index (κ3) is 5.38. The molecule has 1 unspecified atom stereocenters. The zero-order valence-corrected chi connectivity index (χ0v) is 20.1. The Kier molecular flexibility index (Phi) is 6.91. The Morgan fingerprint density at radius 2 is 2.09 bits per heavy atom. The van der Waals surface area contributed by atoms with Crippen molar-refractivity contribution in [3.8, 4) is 0 Å². The Labute approximate surface area is 198 Å². The number of carbonyl (C=O) groups is 1. The molecule has 2 aliphatic rings. The van der Waals surface area contributed by atoms with Gasteiger partial charge in [0.05, 0.1) is 0 Å². The molecule has 3 atom stereocenters. The number of nitrogens with one attached hydrogen (secondary N) is 1. The summed E-state index contributed by atoms with van der Waals surface area (Å²) in [6.45, 7) is 10.2. The maximum atomic E-state index is 13.6. The van der Waals surface area contributed by atoms with Gasteiger partial charge < -0.3 is 19.7 Å². The molecule has 1 aromatic heterocycles. The second-order valence-electron chi connectivity index (χ2n) is 9.75. The van der Waals surface area contributed by atoms with Crippen molar-refractivity contribution in [2.75, 3.05) is 25.0 Å². The van der Waals surface area contributed by atoms with E-state index in [-0.39, 0.29) is 43.1 Å². The summed E-state index contributed by atoms with van der Waals surface area (Å²) in [7, 11) is 0. The van der Waals surface area contributed by atoms with Gasteiger partial charge in [-0.1, -0.05) is 11.2 Å². The molecule has 2 N–H and O–H groups in total. The lowest BCUT2D eigenvalue weighted by Gasteiger charge is -2.41. The Hall–Kier alpha value is -2.59. The van der Waals surface area contributed by atoms with Crippen molar-refractivity contribution in [2.45, 2.75) is 71.6 Å². The van der Waals surface area contributed by atoms with Gasteiger partial charge in [-0.3, -0.25) is 9.69 Å². The molecule has 10 heteroatoms. The van der Waals surface area contributed by atoms with Crippen molar-refractivity contribution < 1.29 is 23.1 Å². The van der Waals surface area contributed by atoms with Crippen LogP contribution in [0.3, 0.4) is 0 Å². The number of aromatic nitrogens is 2. The van der Waals surface area contributed by atoms with Gasteiger partial charge in [0, 0.05) is 56.7 Å². The summed E-state index contributed by atoms with van der Waals surface area (Å²) < 4.78 is 32.6. The summed E-state index contributed by atoms with van der Waals surface area (Å²) in [6.07, 6.45) is -1.08. The van der Waals surface area contributed by atoms with Gasteiger partial charge in [0.2, 0.25) is 17.7 Å². The molecule has 0 radical (unpaired) electrons. The summed E-state index contributed by atoms with van der Waals surface area (Å²) in [5.41, 5.74) is 4.10. The van der Waals surface area contributed by atoms with Crippen LogP contribution in [0.1, 0.15) is 61.8 Å². The number of benzene rings is 1. The van der Waals surface area contributed by atoms with E-state index in [2.05, 4.69) is 26.5 Å². The maximum Gasteiger partial charge on any atom is 0.320 e. The van der Waals surface area contributed by atoms with Crippen LogP contribution < -0.4 is 5.32 Å². The normalized spacial score (nSPS) is 23.8. The first-order valence-corrected chi connectivity index (χ1v) is 11.8. The molecule has 4 rings (SSSR count). The zero-order chi connectivity index (χ0) is 24.6. The highest BCUT2D eigenvalue weighted by atomic mass is 19.3. The highest BCUT2D eigenvalue weighted by molar-refractivity contribution is 5.79. The number of halogens is 2. The van der Waals surface area contributed by atoms with Crippen LogP contribution in [0, 0.1) is 19.8 Å². The molecule has 1 aliphatic carbocycles. The molecule has 0 bridgehead atoms. The van der Waals surface area contributed by atoms with Gasteiger partial charge in [-0.2, -0.15) is 0 Å². The molecule has 2 heterocycles. The number of aliphatic hydroxyl groups excluding tert-OH is 1. The number of carbonyl (C=O) groups excluding carboxylic acids is 1. The number of amides is 1. The van der Waals surface area contributed by atoms with Crippen molar-refractivity contribution in [2.24, 2.45) is 5.92 Å². The molecule has 34 heavy (non-hydrogen) atoms. The van der Waals surface area contributed by atoms with Crippen LogP contribution in [0.4, 0.5) is 20.5 Å². The minimum atomic E-state index is -2.71. The standard InChI is InChI=1S/C24H33F2N5O3/c1-14-9-19(16(3)20(10-14)27-23-29-28-21(34-23)17(4)32)13-30-7-8-31(15(2)12-30)22(33)18-5-6-24(25,26)11-18/h9-10,15,17-18,32H,5-8,11-13H2,1-4H3,(H,27,29)/t15-,17+,18?/m0/s1. The van der Waals surface area contributed by atoms with Gasteiger partial charge in [0.1, 0.15) is 6.10 Å². The highest BCUT2D eigenvalue weighted by Gasteiger charge is 2.44. The van der Waals surface area contributed by atoms with Crippen molar-refractivity contribution in [3.05, 3.63) is 34.7 Å². The predicted octanol–water partition coefficient (Wildman–Crippen LogP) is 3.95. The van der Waals surface area contributed by atoms with Crippen LogP contribution in [0.2, 0.25) is 0 Å². The second-order valence-corrected chi connectivity index (χ2v) is 9.75. The van der Waals surface area contributed by atoms with Crippen LogP contribution in [0.25, 0.3) is 0 Å². The lowest BCUT2D eigenvalue weighted by atomic mass is 10.0. The molecule has 1 aliphatic heterocycles. The molecule has 1 aromatic carbocycles. The van der Waals surface area contributed by atoms with E-state index >= 15 is 0 Å². The van der Waals surface area contributed by atoms with Crippen molar-refractivity contribution in [1.82, 2.24) is 20.0 Å². The van der Waals surface area contributed by atoms with E-state index in [1.807, 2.05) is 26.8 Å². The fraction of sp³-hybridized carbons (Fsp3) is 0.625. The SMILES string of the molecule is Cc1cc(CN2CCN(C(=O)C3CCC(F)(F)C3)[C@@H](C)C2)c(C)c(Nc2nnc([C@@H](C)O)o2)c1. The molecule has 0 spiro atoms. The van der Waals surface area contributed by atoms with E-state index in [1.54, 1.807) is 11.8 Å². The van der Waals surface area contributed by atoms with Crippen molar-refractivity contribution in [3.63, 3.8) is 0 Å². The van der Waals surface area contributed by atoms with E-state index < -0.39 is 17.9 Å². The molecule has 8 nitrogen and oxygen atoms in total.